The molecule has 0 fully saturated rings. The van der Waals surface area contributed by atoms with Gasteiger partial charge in [0.05, 0.1) is 0 Å². The van der Waals surface area contributed by atoms with E-state index in [0.717, 1.165) is 11.4 Å². The average Bonchev–Trinajstić information content (AvgIpc) is 2.36. The second-order valence-electron chi connectivity index (χ2n) is 4.42. The lowest BCUT2D eigenvalue weighted by atomic mass is 9.97. The topological polar surface area (TPSA) is 41.1 Å². The van der Waals surface area contributed by atoms with Crippen molar-refractivity contribution in [3.63, 3.8) is 0 Å². The van der Waals surface area contributed by atoms with E-state index < -0.39 is 47.4 Å². The molecule has 142 valence electrons. The molecular formula is C11H5F11N2O. The van der Waals surface area contributed by atoms with Gasteiger partial charge in [0.25, 0.3) is 0 Å². The van der Waals surface area contributed by atoms with Gasteiger partial charge in [0.15, 0.2) is 0 Å². The Labute approximate surface area is 130 Å². The van der Waals surface area contributed by atoms with Crippen LogP contribution in [0.1, 0.15) is 0 Å². The molecule has 25 heavy (non-hydrogen) atoms. The predicted octanol–water partition coefficient (Wildman–Crippen LogP) is 4.51. The van der Waals surface area contributed by atoms with Gasteiger partial charge in [-0.1, -0.05) is 6.07 Å². The Bertz CT molecular complexity index is 591. The van der Waals surface area contributed by atoms with Gasteiger partial charge in [-0.05, 0) is 12.1 Å². The molecule has 2 N–H and O–H groups in total. The lowest BCUT2D eigenvalue weighted by Gasteiger charge is -2.38. The maximum absolute atomic E-state index is 13.2. The highest BCUT2D eigenvalue weighted by Gasteiger charge is 2.84. The van der Waals surface area contributed by atoms with Crippen molar-refractivity contribution in [3.05, 3.63) is 29.8 Å². The zero-order valence-corrected chi connectivity index (χ0v) is 11.3. The van der Waals surface area contributed by atoms with Crippen LogP contribution >= 0.6 is 0 Å². The SMILES string of the molecule is O=C(Nc1c(F)cccc1F)NC(C(F)(F)F)(C(F)(F)F)C(F)(F)F. The van der Waals surface area contributed by atoms with Crippen molar-refractivity contribution in [1.82, 2.24) is 5.32 Å². The molecule has 0 aliphatic rings. The van der Waals surface area contributed by atoms with Crippen molar-refractivity contribution < 1.29 is 53.1 Å². The largest absolute Gasteiger partial charge is 0.429 e. The number of rotatable bonds is 2. The third-order valence-electron chi connectivity index (χ3n) is 2.78. The molecule has 3 nitrogen and oxygen atoms in total. The summed E-state index contributed by atoms with van der Waals surface area (Å²) in [6.07, 6.45) is -21.2. The van der Waals surface area contributed by atoms with Crippen molar-refractivity contribution in [2.75, 3.05) is 5.32 Å². The van der Waals surface area contributed by atoms with Crippen LogP contribution in [-0.4, -0.2) is 30.1 Å². The Morgan fingerprint density at radius 2 is 1.12 bits per heavy atom. The second-order valence-corrected chi connectivity index (χ2v) is 4.42. The highest BCUT2D eigenvalue weighted by atomic mass is 19.4. The fourth-order valence-electron chi connectivity index (χ4n) is 1.63. The molecule has 1 aromatic rings. The molecule has 0 spiro atoms. The van der Waals surface area contributed by atoms with Crippen molar-refractivity contribution in [3.8, 4) is 0 Å². The van der Waals surface area contributed by atoms with Crippen LogP contribution in [0.2, 0.25) is 0 Å². The maximum atomic E-state index is 13.2. The van der Waals surface area contributed by atoms with Gasteiger partial charge in [-0.3, -0.25) is 0 Å². The summed E-state index contributed by atoms with van der Waals surface area (Å²) in [5, 5.41) is 0.545. The van der Waals surface area contributed by atoms with Gasteiger partial charge in [0.2, 0.25) is 0 Å². The minimum Gasteiger partial charge on any atom is -0.308 e. The summed E-state index contributed by atoms with van der Waals surface area (Å²) in [5.41, 5.74) is -8.20. The molecule has 0 bridgehead atoms. The first kappa shape index (κ1) is 20.8. The van der Waals surface area contributed by atoms with Gasteiger partial charge in [0, 0.05) is 0 Å². The number of nitrogens with one attached hydrogen (secondary N) is 2. The summed E-state index contributed by atoms with van der Waals surface area (Å²) in [5.74, 6) is -3.29. The van der Waals surface area contributed by atoms with Crippen LogP contribution in [0.15, 0.2) is 18.2 Å². The van der Waals surface area contributed by atoms with Crippen molar-refractivity contribution in [1.29, 1.82) is 0 Å². The normalized spacial score (nSPS) is 13.6. The average molecular weight is 390 g/mol. The van der Waals surface area contributed by atoms with E-state index in [2.05, 4.69) is 0 Å². The smallest absolute Gasteiger partial charge is 0.308 e. The number of anilines is 1. The number of urea groups is 1. The van der Waals surface area contributed by atoms with Crippen LogP contribution in [0.4, 0.5) is 58.8 Å². The molecule has 0 saturated heterocycles. The van der Waals surface area contributed by atoms with Crippen LogP contribution < -0.4 is 10.6 Å². The van der Waals surface area contributed by atoms with Crippen LogP contribution in [0, 0.1) is 11.6 Å². The van der Waals surface area contributed by atoms with E-state index in [-0.39, 0.29) is 5.32 Å². The first-order chi connectivity index (χ1) is 11.0. The van der Waals surface area contributed by atoms with E-state index in [1.807, 2.05) is 0 Å². The maximum Gasteiger partial charge on any atom is 0.429 e. The Balaban J connectivity index is 3.34. The minimum absolute atomic E-state index is 0.305. The molecule has 0 aromatic heterocycles. The molecule has 0 unspecified atom stereocenters. The molecule has 14 heteroatoms. The van der Waals surface area contributed by atoms with Crippen LogP contribution in [0.5, 0.6) is 0 Å². The van der Waals surface area contributed by atoms with Crippen LogP contribution in [-0.2, 0) is 0 Å². The number of amides is 2. The molecule has 0 saturated carbocycles. The summed E-state index contributed by atoms with van der Waals surface area (Å²) in [6.45, 7) is 0. The first-order valence-electron chi connectivity index (χ1n) is 5.78. The first-order valence-corrected chi connectivity index (χ1v) is 5.78. The van der Waals surface area contributed by atoms with Crippen molar-refractivity contribution in [2.24, 2.45) is 0 Å². The minimum atomic E-state index is -7.06. The van der Waals surface area contributed by atoms with E-state index in [0.29, 0.717) is 12.1 Å². The Morgan fingerprint density at radius 1 is 0.760 bits per heavy atom. The van der Waals surface area contributed by atoms with E-state index in [1.165, 1.54) is 0 Å². The van der Waals surface area contributed by atoms with Crippen LogP contribution in [0.3, 0.4) is 0 Å². The Kier molecular flexibility index (Phi) is 5.17. The number of halogens is 11. The summed E-state index contributed by atoms with van der Waals surface area (Å²) in [7, 11) is 0. The molecule has 0 heterocycles. The van der Waals surface area contributed by atoms with Crippen LogP contribution in [0.25, 0.3) is 0 Å². The third-order valence-corrected chi connectivity index (χ3v) is 2.78. The van der Waals surface area contributed by atoms with Gasteiger partial charge in [-0.2, -0.15) is 39.5 Å². The Hall–Kier alpha value is -2.28. The number of hydrogen-bond donors (Lipinski definition) is 2. The standard InChI is InChI=1S/C11H5F11N2O/c12-4-2-1-3-5(13)6(4)23-7(25)24-8(9(14,15)16,10(17,18)19)11(20,21)22/h1-3H,(H2,23,24,25). The quantitative estimate of drug-likeness (QED) is 0.717. The van der Waals surface area contributed by atoms with E-state index in [1.54, 1.807) is 0 Å². The summed E-state index contributed by atoms with van der Waals surface area (Å²) in [6, 6.07) is -1.16. The van der Waals surface area contributed by atoms with Crippen molar-refractivity contribution in [2.45, 2.75) is 24.1 Å². The van der Waals surface area contributed by atoms with Gasteiger partial charge in [0.1, 0.15) is 17.3 Å². The third kappa shape index (κ3) is 3.71. The number of benzene rings is 1. The molecule has 1 aromatic carbocycles. The lowest BCUT2D eigenvalue weighted by molar-refractivity contribution is -0.386. The molecule has 0 radical (unpaired) electrons. The fraction of sp³-hybridized carbons (Fsp3) is 0.364. The van der Waals surface area contributed by atoms with Gasteiger partial charge < -0.3 is 10.6 Å². The highest BCUT2D eigenvalue weighted by Crippen LogP contribution is 2.52. The second kappa shape index (κ2) is 6.22. The molecule has 0 aliphatic carbocycles. The summed E-state index contributed by atoms with van der Waals surface area (Å²) < 4.78 is 140. The van der Waals surface area contributed by atoms with Gasteiger partial charge >= 0.3 is 30.1 Å². The number of carbonyl (C=O) groups excluding carboxylic acids is 1. The number of hydrogen-bond acceptors (Lipinski definition) is 1. The molecule has 1 rings (SSSR count). The zero-order chi connectivity index (χ0) is 19.8. The number of alkyl halides is 9. The van der Waals surface area contributed by atoms with E-state index in [9.17, 15) is 53.1 Å². The summed E-state index contributed by atoms with van der Waals surface area (Å²) in [4.78, 5) is 11.2. The highest BCUT2D eigenvalue weighted by molar-refractivity contribution is 5.90. The Morgan fingerprint density at radius 3 is 1.44 bits per heavy atom. The molecular weight excluding hydrogens is 385 g/mol. The molecule has 0 atom stereocenters. The van der Waals surface area contributed by atoms with Crippen molar-refractivity contribution >= 4 is 11.7 Å². The van der Waals surface area contributed by atoms with Gasteiger partial charge in [-0.15, -0.1) is 0 Å². The summed E-state index contributed by atoms with van der Waals surface area (Å²) >= 11 is 0. The number of para-hydroxylation sites is 1. The molecule has 0 aliphatic heterocycles. The number of carbonyl (C=O) groups is 1. The molecule has 2 amide bonds. The van der Waals surface area contributed by atoms with E-state index in [4.69, 9.17) is 0 Å². The predicted molar refractivity (Wildman–Crippen MR) is 59.4 cm³/mol. The van der Waals surface area contributed by atoms with E-state index >= 15 is 0 Å². The van der Waals surface area contributed by atoms with Gasteiger partial charge in [-0.25, -0.2) is 13.6 Å². The lowest BCUT2D eigenvalue weighted by Crippen LogP contribution is -2.75. The monoisotopic (exact) mass is 390 g/mol. The fourth-order valence-corrected chi connectivity index (χ4v) is 1.63. The zero-order valence-electron chi connectivity index (χ0n) is 11.3.